The molecule has 1 amide bonds. The smallest absolute Gasteiger partial charge is 0.309 e. The molecule has 35 heavy (non-hydrogen) atoms. The lowest BCUT2D eigenvalue weighted by Gasteiger charge is -2.54. The third-order valence-electron chi connectivity index (χ3n) is 9.70. The fraction of sp³-hybridized carbons (Fsp3) is 0.828. The van der Waals surface area contributed by atoms with Crippen LogP contribution in [0, 0.1) is 29.6 Å². The number of carbonyl (C=O) groups is 2. The van der Waals surface area contributed by atoms with Gasteiger partial charge in [0.05, 0.1) is 12.0 Å². The maximum Gasteiger partial charge on any atom is 0.309 e. The topological polar surface area (TPSA) is 73.2 Å². The van der Waals surface area contributed by atoms with Crippen LogP contribution in [0.1, 0.15) is 119 Å². The van der Waals surface area contributed by atoms with E-state index in [9.17, 15) is 9.59 Å². The molecule has 6 aliphatic rings. The average Bonchev–Trinajstić information content (AvgIpc) is 3.19. The molecular formula is C29H43N3O3. The van der Waals surface area contributed by atoms with E-state index in [1.54, 1.807) is 0 Å². The van der Waals surface area contributed by atoms with E-state index in [2.05, 4.69) is 10.00 Å². The highest BCUT2D eigenvalue weighted by Crippen LogP contribution is 2.53. The SMILES string of the molecule is CC(C)(C)OC(=O)C1CCc2c(c(C(=O)NC3C4CC5CC(C4)CC3C5)nn2C2CCCCC2)C1. The van der Waals surface area contributed by atoms with Gasteiger partial charge in [-0.05, 0) is 109 Å². The third kappa shape index (κ3) is 4.55. The van der Waals surface area contributed by atoms with Gasteiger partial charge in [0.2, 0.25) is 0 Å². The summed E-state index contributed by atoms with van der Waals surface area (Å²) in [6.07, 6.45) is 14.7. The van der Waals surface area contributed by atoms with Gasteiger partial charge >= 0.3 is 5.97 Å². The maximum absolute atomic E-state index is 13.8. The van der Waals surface area contributed by atoms with Crippen molar-refractivity contribution in [3.05, 3.63) is 17.0 Å². The van der Waals surface area contributed by atoms with Crippen molar-refractivity contribution in [2.75, 3.05) is 0 Å². The van der Waals surface area contributed by atoms with E-state index >= 15 is 0 Å². The van der Waals surface area contributed by atoms with Gasteiger partial charge in [-0.1, -0.05) is 19.3 Å². The van der Waals surface area contributed by atoms with E-state index in [4.69, 9.17) is 9.84 Å². The van der Waals surface area contributed by atoms with Crippen molar-refractivity contribution in [2.45, 2.75) is 122 Å². The van der Waals surface area contributed by atoms with Gasteiger partial charge in [0.25, 0.3) is 5.91 Å². The number of aromatic nitrogens is 2. The van der Waals surface area contributed by atoms with Gasteiger partial charge in [-0.15, -0.1) is 0 Å². The van der Waals surface area contributed by atoms with Crippen LogP contribution in [0.4, 0.5) is 0 Å². The molecule has 0 radical (unpaired) electrons. The number of ether oxygens (including phenoxy) is 1. The lowest BCUT2D eigenvalue weighted by molar-refractivity contribution is -0.160. The number of fused-ring (bicyclic) bond motifs is 1. The summed E-state index contributed by atoms with van der Waals surface area (Å²) in [5.74, 6) is 2.72. The summed E-state index contributed by atoms with van der Waals surface area (Å²) >= 11 is 0. The van der Waals surface area contributed by atoms with E-state index in [0.717, 1.165) is 43.1 Å². The molecule has 192 valence electrons. The van der Waals surface area contributed by atoms with Crippen LogP contribution in [-0.4, -0.2) is 33.3 Å². The summed E-state index contributed by atoms with van der Waals surface area (Å²) in [7, 11) is 0. The molecule has 1 N–H and O–H groups in total. The predicted octanol–water partition coefficient (Wildman–Crippen LogP) is 5.39. The molecule has 0 aliphatic heterocycles. The van der Waals surface area contributed by atoms with E-state index in [1.807, 2.05) is 20.8 Å². The van der Waals surface area contributed by atoms with E-state index in [-0.39, 0.29) is 17.8 Å². The molecule has 5 fully saturated rings. The Morgan fingerprint density at radius 3 is 2.23 bits per heavy atom. The Bertz CT molecular complexity index is 956. The zero-order chi connectivity index (χ0) is 24.3. The fourth-order valence-corrected chi connectivity index (χ4v) is 8.42. The van der Waals surface area contributed by atoms with Crippen molar-refractivity contribution in [1.29, 1.82) is 0 Å². The van der Waals surface area contributed by atoms with Crippen molar-refractivity contribution in [3.8, 4) is 0 Å². The van der Waals surface area contributed by atoms with Crippen LogP contribution in [0.25, 0.3) is 0 Å². The first-order valence-electron chi connectivity index (χ1n) is 14.4. The van der Waals surface area contributed by atoms with Crippen molar-refractivity contribution in [2.24, 2.45) is 29.6 Å². The Hall–Kier alpha value is -1.85. The van der Waals surface area contributed by atoms with Crippen LogP contribution in [0.5, 0.6) is 0 Å². The Morgan fingerprint density at radius 1 is 0.943 bits per heavy atom. The highest BCUT2D eigenvalue weighted by Gasteiger charge is 2.49. The first-order chi connectivity index (χ1) is 16.7. The number of esters is 1. The molecule has 1 heterocycles. The van der Waals surface area contributed by atoms with Crippen molar-refractivity contribution in [3.63, 3.8) is 0 Å². The maximum atomic E-state index is 13.8. The summed E-state index contributed by atoms with van der Waals surface area (Å²) < 4.78 is 7.93. The molecule has 1 aromatic heterocycles. The van der Waals surface area contributed by atoms with Gasteiger partial charge < -0.3 is 10.1 Å². The minimum Gasteiger partial charge on any atom is -0.460 e. The number of nitrogens with one attached hydrogen (secondary N) is 1. The van der Waals surface area contributed by atoms with E-state index in [1.165, 1.54) is 57.1 Å². The molecule has 5 saturated carbocycles. The summed E-state index contributed by atoms with van der Waals surface area (Å²) in [6.45, 7) is 5.76. The lowest BCUT2D eigenvalue weighted by atomic mass is 9.54. The van der Waals surface area contributed by atoms with Gasteiger partial charge in [-0.3, -0.25) is 14.3 Å². The molecule has 6 nitrogen and oxygen atoms in total. The molecule has 6 aliphatic carbocycles. The molecule has 1 atom stereocenters. The molecule has 1 unspecified atom stereocenters. The Kier molecular flexibility index (Phi) is 6.00. The molecular weight excluding hydrogens is 438 g/mol. The minimum atomic E-state index is -0.497. The van der Waals surface area contributed by atoms with Crippen molar-refractivity contribution >= 4 is 11.9 Å². The molecule has 1 aromatic rings. The second kappa shape index (κ2) is 8.92. The van der Waals surface area contributed by atoms with Crippen molar-refractivity contribution in [1.82, 2.24) is 15.1 Å². The third-order valence-corrected chi connectivity index (χ3v) is 9.70. The van der Waals surface area contributed by atoms with Gasteiger partial charge in [0, 0.05) is 17.3 Å². The molecule has 0 aromatic carbocycles. The van der Waals surface area contributed by atoms with Gasteiger partial charge in [0.15, 0.2) is 5.69 Å². The van der Waals surface area contributed by atoms with Crippen molar-refractivity contribution < 1.29 is 14.3 Å². The molecule has 4 bridgehead atoms. The van der Waals surface area contributed by atoms with E-state index < -0.39 is 5.60 Å². The number of carbonyl (C=O) groups excluding carboxylic acids is 2. The fourth-order valence-electron chi connectivity index (χ4n) is 8.42. The Labute approximate surface area is 209 Å². The number of rotatable bonds is 4. The highest BCUT2D eigenvalue weighted by molar-refractivity contribution is 5.94. The Morgan fingerprint density at radius 2 is 1.60 bits per heavy atom. The number of amides is 1. The molecule has 0 spiro atoms. The predicted molar refractivity (Wildman–Crippen MR) is 134 cm³/mol. The summed E-state index contributed by atoms with van der Waals surface area (Å²) in [6, 6.07) is 0.689. The van der Waals surface area contributed by atoms with Crippen LogP contribution in [0.2, 0.25) is 0 Å². The quantitative estimate of drug-likeness (QED) is 0.585. The highest BCUT2D eigenvalue weighted by atomic mass is 16.6. The zero-order valence-corrected chi connectivity index (χ0v) is 21.9. The van der Waals surface area contributed by atoms with Crippen LogP contribution in [0.3, 0.4) is 0 Å². The Balaban J connectivity index is 1.26. The second-order valence-corrected chi connectivity index (χ2v) is 13.4. The van der Waals surface area contributed by atoms with Crippen LogP contribution in [-0.2, 0) is 22.4 Å². The zero-order valence-electron chi connectivity index (χ0n) is 21.9. The molecule has 7 rings (SSSR count). The van der Waals surface area contributed by atoms with Crippen LogP contribution < -0.4 is 5.32 Å². The van der Waals surface area contributed by atoms with E-state index in [0.29, 0.717) is 36.0 Å². The van der Waals surface area contributed by atoms with Gasteiger partial charge in [-0.25, -0.2) is 0 Å². The van der Waals surface area contributed by atoms with Crippen LogP contribution in [0.15, 0.2) is 0 Å². The molecule has 0 saturated heterocycles. The summed E-state index contributed by atoms with van der Waals surface area (Å²) in [5, 5.41) is 8.52. The number of nitrogens with zero attached hydrogens (tertiary/aromatic N) is 2. The standard InChI is InChI=1S/C29H43N3O3/c1-29(2,3)35-28(34)19-9-10-24-23(16-19)26(31-32(24)22-7-5-4-6-8-22)27(33)30-25-20-12-17-11-18(14-20)15-21(25)13-17/h17-22,25H,4-16H2,1-3H3,(H,30,33). The number of hydrogen-bond acceptors (Lipinski definition) is 4. The lowest BCUT2D eigenvalue weighted by Crippen LogP contribution is -2.56. The van der Waals surface area contributed by atoms with Crippen LogP contribution >= 0.6 is 0 Å². The summed E-state index contributed by atoms with van der Waals surface area (Å²) in [4.78, 5) is 26.8. The average molecular weight is 482 g/mol. The minimum absolute atomic E-state index is 0.00174. The largest absolute Gasteiger partial charge is 0.460 e. The van der Waals surface area contributed by atoms with Gasteiger partial charge in [-0.2, -0.15) is 5.10 Å². The second-order valence-electron chi connectivity index (χ2n) is 13.4. The monoisotopic (exact) mass is 481 g/mol. The first-order valence-corrected chi connectivity index (χ1v) is 14.4. The normalized spacial score (nSPS) is 34.5. The summed E-state index contributed by atoms with van der Waals surface area (Å²) in [5.41, 5.74) is 2.31. The first kappa shape index (κ1) is 23.5. The van der Waals surface area contributed by atoms with Gasteiger partial charge in [0.1, 0.15) is 5.60 Å². The number of hydrogen-bond donors (Lipinski definition) is 1. The molecule has 6 heteroatoms.